The van der Waals surface area contributed by atoms with E-state index in [1.807, 2.05) is 56.0 Å². The maximum absolute atomic E-state index is 12.6. The number of nitrogens with zero attached hydrogens (tertiary/aromatic N) is 2. The van der Waals surface area contributed by atoms with E-state index in [0.29, 0.717) is 26.2 Å². The number of aryl methyl sites for hydroxylation is 3. The van der Waals surface area contributed by atoms with Crippen molar-refractivity contribution in [1.29, 1.82) is 0 Å². The first-order valence-corrected chi connectivity index (χ1v) is 11.6. The van der Waals surface area contributed by atoms with Crippen LogP contribution in [0.3, 0.4) is 0 Å². The van der Waals surface area contributed by atoms with Gasteiger partial charge in [0.05, 0.1) is 6.54 Å². The molecule has 1 saturated heterocycles. The maximum Gasteiger partial charge on any atom is 0.238 e. The lowest BCUT2D eigenvalue weighted by molar-refractivity contribution is -0.117. The van der Waals surface area contributed by atoms with Crippen molar-refractivity contribution >= 4 is 27.7 Å². The number of carbonyl (C=O) groups is 1. The van der Waals surface area contributed by atoms with Gasteiger partial charge in [0, 0.05) is 37.3 Å². The van der Waals surface area contributed by atoms with Gasteiger partial charge in [0.1, 0.15) is 0 Å². The van der Waals surface area contributed by atoms with E-state index in [9.17, 15) is 13.2 Å². The van der Waals surface area contributed by atoms with Crippen molar-refractivity contribution in [3.05, 3.63) is 70.1 Å². The zero-order valence-electron chi connectivity index (χ0n) is 17.8. The molecule has 1 aliphatic rings. The summed E-state index contributed by atoms with van der Waals surface area (Å²) in [6.45, 7) is 8.06. The zero-order valence-corrected chi connectivity index (χ0v) is 18.6. The van der Waals surface area contributed by atoms with Gasteiger partial charge in [-0.15, -0.1) is 0 Å². The van der Waals surface area contributed by atoms with Crippen molar-refractivity contribution in [3.8, 4) is 0 Å². The Kier molecular flexibility index (Phi) is 7.07. The van der Waals surface area contributed by atoms with Crippen molar-refractivity contribution in [2.75, 3.05) is 38.0 Å². The average Bonchev–Trinajstić information content (AvgIpc) is 2.70. The van der Waals surface area contributed by atoms with Gasteiger partial charge >= 0.3 is 0 Å². The van der Waals surface area contributed by atoms with Crippen LogP contribution in [0.1, 0.15) is 22.3 Å². The fourth-order valence-corrected chi connectivity index (χ4v) is 4.89. The van der Waals surface area contributed by atoms with Gasteiger partial charge in [-0.1, -0.05) is 48.0 Å². The van der Waals surface area contributed by atoms with Crippen LogP contribution < -0.4 is 5.32 Å². The molecule has 6 nitrogen and oxygen atoms in total. The Balaban J connectivity index is 1.53. The summed E-state index contributed by atoms with van der Waals surface area (Å²) in [5.74, 6) is -0.0784. The molecule has 7 heteroatoms. The van der Waals surface area contributed by atoms with Crippen LogP contribution in [0.25, 0.3) is 6.08 Å². The van der Waals surface area contributed by atoms with Gasteiger partial charge in [-0.25, -0.2) is 8.42 Å². The Bertz CT molecular complexity index is 1000. The van der Waals surface area contributed by atoms with E-state index in [2.05, 4.69) is 17.4 Å². The lowest BCUT2D eigenvalue weighted by Gasteiger charge is -2.32. The highest BCUT2D eigenvalue weighted by atomic mass is 32.2. The van der Waals surface area contributed by atoms with Crippen LogP contribution in [-0.2, 0) is 14.8 Å². The van der Waals surface area contributed by atoms with Crippen LogP contribution in [0.5, 0.6) is 0 Å². The largest absolute Gasteiger partial charge is 0.324 e. The third-order valence-corrected chi connectivity index (χ3v) is 6.80. The summed E-state index contributed by atoms with van der Waals surface area (Å²) in [6, 6.07) is 13.5. The lowest BCUT2D eigenvalue weighted by atomic mass is 10.1. The quantitative estimate of drug-likeness (QED) is 0.769. The second-order valence-corrected chi connectivity index (χ2v) is 9.57. The highest BCUT2D eigenvalue weighted by Crippen LogP contribution is 2.22. The maximum atomic E-state index is 12.6. The molecule has 0 spiro atoms. The third kappa shape index (κ3) is 5.78. The summed E-state index contributed by atoms with van der Waals surface area (Å²) in [5, 5.41) is 4.27. The summed E-state index contributed by atoms with van der Waals surface area (Å²) in [7, 11) is -3.47. The summed E-state index contributed by atoms with van der Waals surface area (Å²) in [4.78, 5) is 14.5. The number of benzene rings is 2. The molecule has 160 valence electrons. The second kappa shape index (κ2) is 9.55. The number of sulfonamides is 1. The Morgan fingerprint density at radius 1 is 1.00 bits per heavy atom. The molecule has 0 unspecified atom stereocenters. The van der Waals surface area contributed by atoms with Crippen LogP contribution in [0.15, 0.2) is 47.9 Å². The Morgan fingerprint density at radius 2 is 1.60 bits per heavy atom. The van der Waals surface area contributed by atoms with Crippen molar-refractivity contribution in [2.45, 2.75) is 20.8 Å². The molecule has 1 N–H and O–H groups in total. The van der Waals surface area contributed by atoms with Crippen LogP contribution in [0, 0.1) is 20.8 Å². The molecule has 3 rings (SSSR count). The standard InChI is InChI=1S/C23H29N3O3S/c1-18-15-19(2)23(20(3)16-18)24-22(27)17-25-10-12-26(13-11-25)30(28,29)14-9-21-7-5-4-6-8-21/h4-9,14-16H,10-13,17H2,1-3H3,(H,24,27)/b14-9-. The van der Waals surface area contributed by atoms with Crippen LogP contribution >= 0.6 is 0 Å². The van der Waals surface area contributed by atoms with Crippen molar-refractivity contribution < 1.29 is 13.2 Å². The number of hydrogen-bond acceptors (Lipinski definition) is 4. The predicted octanol–water partition coefficient (Wildman–Crippen LogP) is 3.17. The van der Waals surface area contributed by atoms with Crippen molar-refractivity contribution in [2.24, 2.45) is 0 Å². The van der Waals surface area contributed by atoms with E-state index in [1.165, 1.54) is 15.3 Å². The van der Waals surface area contributed by atoms with Crippen molar-refractivity contribution in [1.82, 2.24) is 9.21 Å². The molecule has 2 aromatic carbocycles. The molecule has 1 amide bonds. The minimum absolute atomic E-state index is 0.0784. The molecule has 1 heterocycles. The average molecular weight is 428 g/mol. The number of piperazine rings is 1. The third-order valence-electron chi connectivity index (χ3n) is 5.23. The van der Waals surface area contributed by atoms with E-state index in [1.54, 1.807) is 6.08 Å². The van der Waals surface area contributed by atoms with E-state index in [4.69, 9.17) is 0 Å². The normalized spacial score (nSPS) is 16.1. The molecule has 0 aliphatic carbocycles. The van der Waals surface area contributed by atoms with Gasteiger partial charge in [-0.3, -0.25) is 9.69 Å². The number of amides is 1. The second-order valence-electron chi connectivity index (χ2n) is 7.76. The predicted molar refractivity (Wildman–Crippen MR) is 122 cm³/mol. The van der Waals surface area contributed by atoms with Crippen molar-refractivity contribution in [3.63, 3.8) is 0 Å². The molecular weight excluding hydrogens is 398 g/mol. The molecule has 0 radical (unpaired) electrons. The lowest BCUT2D eigenvalue weighted by Crippen LogP contribution is -2.49. The van der Waals surface area contributed by atoms with Crippen LogP contribution in [0.2, 0.25) is 0 Å². The van der Waals surface area contributed by atoms with Gasteiger partial charge in [0.25, 0.3) is 0 Å². The molecule has 1 aliphatic heterocycles. The fraction of sp³-hybridized carbons (Fsp3) is 0.348. The summed E-state index contributed by atoms with van der Waals surface area (Å²) >= 11 is 0. The fourth-order valence-electron chi connectivity index (χ4n) is 3.72. The Morgan fingerprint density at radius 3 is 2.20 bits per heavy atom. The smallest absolute Gasteiger partial charge is 0.238 e. The zero-order chi connectivity index (χ0) is 21.7. The monoisotopic (exact) mass is 427 g/mol. The first kappa shape index (κ1) is 22.2. The number of anilines is 1. The molecular formula is C23H29N3O3S. The van der Waals surface area contributed by atoms with Gasteiger partial charge in [0.2, 0.25) is 15.9 Å². The van der Waals surface area contributed by atoms with Gasteiger partial charge in [-0.05, 0) is 43.5 Å². The SMILES string of the molecule is Cc1cc(C)c(NC(=O)CN2CCN(S(=O)(=O)/C=C\c3ccccc3)CC2)c(C)c1. The molecule has 2 aromatic rings. The first-order chi connectivity index (χ1) is 14.2. The highest BCUT2D eigenvalue weighted by molar-refractivity contribution is 7.92. The molecule has 0 aromatic heterocycles. The van der Waals surface area contributed by atoms with Gasteiger partial charge in [0.15, 0.2) is 0 Å². The number of carbonyl (C=O) groups excluding carboxylic acids is 1. The Labute approximate surface area is 179 Å². The minimum Gasteiger partial charge on any atom is -0.324 e. The minimum atomic E-state index is -3.47. The number of rotatable bonds is 6. The number of hydrogen-bond donors (Lipinski definition) is 1. The summed E-state index contributed by atoms with van der Waals surface area (Å²) in [5.41, 5.74) is 4.96. The summed E-state index contributed by atoms with van der Waals surface area (Å²) in [6.07, 6.45) is 1.61. The van der Waals surface area contributed by atoms with E-state index >= 15 is 0 Å². The van der Waals surface area contributed by atoms with Crippen LogP contribution in [-0.4, -0.2) is 56.3 Å². The first-order valence-electron chi connectivity index (χ1n) is 10.1. The number of nitrogens with one attached hydrogen (secondary N) is 1. The summed E-state index contributed by atoms with van der Waals surface area (Å²) < 4.78 is 26.6. The molecule has 0 saturated carbocycles. The molecule has 0 atom stereocenters. The van der Waals surface area contributed by atoms with Gasteiger partial charge < -0.3 is 5.32 Å². The van der Waals surface area contributed by atoms with E-state index < -0.39 is 10.0 Å². The van der Waals surface area contributed by atoms with E-state index in [0.717, 1.165) is 22.4 Å². The molecule has 1 fully saturated rings. The highest BCUT2D eigenvalue weighted by Gasteiger charge is 2.26. The molecule has 30 heavy (non-hydrogen) atoms. The van der Waals surface area contributed by atoms with E-state index in [-0.39, 0.29) is 12.5 Å². The van der Waals surface area contributed by atoms with Crippen LogP contribution in [0.4, 0.5) is 5.69 Å². The Hall–Kier alpha value is -2.48. The molecule has 0 bridgehead atoms. The van der Waals surface area contributed by atoms with Gasteiger partial charge in [-0.2, -0.15) is 4.31 Å². The topological polar surface area (TPSA) is 69.7 Å².